The third kappa shape index (κ3) is 3.50. The third-order valence-electron chi connectivity index (χ3n) is 6.48. The van der Waals surface area contributed by atoms with Crippen LogP contribution < -0.4 is 5.32 Å². The molecule has 7 nitrogen and oxygen atoms in total. The maximum atomic E-state index is 4.92. The van der Waals surface area contributed by atoms with Gasteiger partial charge in [-0.3, -0.25) is 5.10 Å². The van der Waals surface area contributed by atoms with E-state index in [2.05, 4.69) is 74.9 Å². The fourth-order valence-electron chi connectivity index (χ4n) is 4.57. The molecule has 1 aliphatic rings. The van der Waals surface area contributed by atoms with Gasteiger partial charge >= 0.3 is 0 Å². The molecule has 1 saturated heterocycles. The highest BCUT2D eigenvalue weighted by molar-refractivity contribution is 5.83. The minimum absolute atomic E-state index is 0.651. The summed E-state index contributed by atoms with van der Waals surface area (Å²) in [4.78, 5) is 11.8. The summed E-state index contributed by atoms with van der Waals surface area (Å²) in [6, 6.07) is 15.0. The Morgan fingerprint density at radius 1 is 1.06 bits per heavy atom. The Bertz CT molecular complexity index is 1370. The lowest BCUT2D eigenvalue weighted by atomic mass is 9.89. The molecule has 1 fully saturated rings. The van der Waals surface area contributed by atoms with Crippen LogP contribution in [0.4, 0.5) is 11.5 Å². The van der Waals surface area contributed by atoms with Gasteiger partial charge < -0.3 is 14.6 Å². The molecule has 7 heteroatoms. The van der Waals surface area contributed by atoms with Crippen molar-refractivity contribution in [2.75, 3.05) is 25.5 Å². The van der Waals surface area contributed by atoms with Crippen LogP contribution in [0.5, 0.6) is 0 Å². The number of H-pyrrole nitrogens is 1. The second-order valence-corrected chi connectivity index (χ2v) is 8.63. The molecule has 0 saturated carbocycles. The monoisotopic (exact) mass is 423 g/mol. The number of imidazole rings is 1. The molecule has 0 radical (unpaired) electrons. The maximum absolute atomic E-state index is 4.92. The molecule has 0 bridgehead atoms. The first-order chi connectivity index (χ1) is 15.7. The number of nitrogens with zero attached hydrogens (tertiary/aromatic N) is 5. The molecule has 0 unspecified atom stereocenters. The van der Waals surface area contributed by atoms with Crippen molar-refractivity contribution in [1.29, 1.82) is 0 Å². The maximum Gasteiger partial charge on any atom is 0.180 e. The van der Waals surface area contributed by atoms with Crippen molar-refractivity contribution in [3.63, 3.8) is 0 Å². The Labute approximate surface area is 186 Å². The topological polar surface area (TPSA) is 74.1 Å². The van der Waals surface area contributed by atoms with Crippen molar-refractivity contribution in [3.8, 4) is 11.3 Å². The number of aromatic nitrogens is 5. The number of piperidine rings is 1. The van der Waals surface area contributed by atoms with Gasteiger partial charge in [0.2, 0.25) is 0 Å². The average Bonchev–Trinajstić information content (AvgIpc) is 3.49. The number of aromatic amines is 1. The van der Waals surface area contributed by atoms with Gasteiger partial charge in [-0.2, -0.15) is 5.10 Å². The van der Waals surface area contributed by atoms with Gasteiger partial charge in [-0.05, 0) is 62.7 Å². The van der Waals surface area contributed by atoms with Crippen molar-refractivity contribution in [2.45, 2.75) is 18.8 Å². The Kier molecular flexibility index (Phi) is 4.61. The second-order valence-electron chi connectivity index (χ2n) is 8.63. The highest BCUT2D eigenvalue weighted by Gasteiger charge is 2.18. The smallest absolute Gasteiger partial charge is 0.180 e. The molecule has 0 spiro atoms. The van der Waals surface area contributed by atoms with Crippen LogP contribution in [0.2, 0.25) is 0 Å². The van der Waals surface area contributed by atoms with Gasteiger partial charge in [0.05, 0.1) is 17.4 Å². The van der Waals surface area contributed by atoms with Crippen LogP contribution in [0.3, 0.4) is 0 Å². The predicted octanol–water partition coefficient (Wildman–Crippen LogP) is 4.83. The molecule has 5 aromatic rings. The first-order valence-corrected chi connectivity index (χ1v) is 11.1. The van der Waals surface area contributed by atoms with Crippen LogP contribution in [0.1, 0.15) is 24.3 Å². The minimum atomic E-state index is 0.651. The average molecular weight is 424 g/mol. The molecular formula is C25H25N7. The van der Waals surface area contributed by atoms with E-state index in [0.29, 0.717) is 5.92 Å². The normalized spacial score (nSPS) is 15.5. The van der Waals surface area contributed by atoms with Gasteiger partial charge in [-0.15, -0.1) is 0 Å². The second kappa shape index (κ2) is 7.76. The molecular weight excluding hydrogens is 398 g/mol. The van der Waals surface area contributed by atoms with Gasteiger partial charge in [0.25, 0.3) is 0 Å². The van der Waals surface area contributed by atoms with E-state index >= 15 is 0 Å². The van der Waals surface area contributed by atoms with Crippen LogP contribution in [0.25, 0.3) is 27.8 Å². The Balaban J connectivity index is 1.31. The summed E-state index contributed by atoms with van der Waals surface area (Å²) in [5.41, 5.74) is 6.13. The zero-order valence-corrected chi connectivity index (χ0v) is 18.0. The van der Waals surface area contributed by atoms with Gasteiger partial charge in [0.15, 0.2) is 11.5 Å². The molecule has 6 rings (SSSR count). The fraction of sp³-hybridized carbons (Fsp3) is 0.240. The van der Waals surface area contributed by atoms with Gasteiger partial charge in [0.1, 0.15) is 0 Å². The zero-order valence-electron chi connectivity index (χ0n) is 18.0. The number of hydrogen-bond donors (Lipinski definition) is 2. The number of hydrogen-bond acceptors (Lipinski definition) is 5. The molecule has 2 aromatic carbocycles. The molecule has 32 heavy (non-hydrogen) atoms. The van der Waals surface area contributed by atoms with Crippen LogP contribution in [-0.2, 0) is 0 Å². The third-order valence-corrected chi connectivity index (χ3v) is 6.48. The van der Waals surface area contributed by atoms with E-state index in [1.807, 2.05) is 23.0 Å². The zero-order chi connectivity index (χ0) is 21.5. The van der Waals surface area contributed by atoms with E-state index in [9.17, 15) is 0 Å². The van der Waals surface area contributed by atoms with E-state index in [0.717, 1.165) is 39.3 Å². The Morgan fingerprint density at radius 3 is 2.75 bits per heavy atom. The summed E-state index contributed by atoms with van der Waals surface area (Å²) in [5.74, 6) is 1.39. The summed E-state index contributed by atoms with van der Waals surface area (Å²) in [6.45, 7) is 2.34. The Hall–Kier alpha value is -3.71. The Morgan fingerprint density at radius 2 is 1.91 bits per heavy atom. The number of fused-ring (bicyclic) bond motifs is 2. The number of rotatable bonds is 4. The highest BCUT2D eigenvalue weighted by atomic mass is 15.1. The predicted molar refractivity (Wildman–Crippen MR) is 127 cm³/mol. The standard InChI is InChI=1S/C25H25N7/c1-31-11-8-18(9-12-31)17-4-6-21(7-5-17)28-24-25-26-10-13-32(25)16-23(29-24)19-2-3-20-15-27-30-22(20)14-19/h2-7,10,13-16,18H,8-9,11-12H2,1H3,(H,27,30)(H,28,29). The van der Waals surface area contributed by atoms with Crippen LogP contribution >= 0.6 is 0 Å². The number of anilines is 2. The van der Waals surface area contributed by atoms with Gasteiger partial charge in [-0.25, -0.2) is 9.97 Å². The van der Waals surface area contributed by atoms with Gasteiger partial charge in [-0.1, -0.05) is 24.3 Å². The molecule has 1 aliphatic heterocycles. The van der Waals surface area contributed by atoms with Crippen molar-refractivity contribution < 1.29 is 0 Å². The quantitative estimate of drug-likeness (QED) is 0.433. The molecule has 3 aromatic heterocycles. The lowest BCUT2D eigenvalue weighted by Crippen LogP contribution is -2.29. The number of likely N-dealkylation sites (tertiary alicyclic amines) is 1. The van der Waals surface area contributed by atoms with E-state index in [-0.39, 0.29) is 0 Å². The summed E-state index contributed by atoms with van der Waals surface area (Å²) in [5, 5.41) is 11.7. The van der Waals surface area contributed by atoms with Crippen molar-refractivity contribution in [2.24, 2.45) is 0 Å². The highest BCUT2D eigenvalue weighted by Crippen LogP contribution is 2.30. The van der Waals surface area contributed by atoms with E-state index in [4.69, 9.17) is 4.98 Å². The van der Waals surface area contributed by atoms with Crippen molar-refractivity contribution in [3.05, 3.63) is 72.8 Å². The van der Waals surface area contributed by atoms with Crippen molar-refractivity contribution >= 4 is 28.1 Å². The SMILES string of the molecule is CN1CCC(c2ccc(Nc3nc(-c4ccc5cn[nH]c5c4)cn4ccnc34)cc2)CC1. The first kappa shape index (κ1) is 19.0. The minimum Gasteiger partial charge on any atom is -0.337 e. The van der Waals surface area contributed by atoms with Crippen LogP contribution in [-0.4, -0.2) is 49.6 Å². The molecule has 0 amide bonds. The summed E-state index contributed by atoms with van der Waals surface area (Å²) >= 11 is 0. The van der Waals surface area contributed by atoms with E-state index in [1.165, 1.54) is 31.5 Å². The van der Waals surface area contributed by atoms with E-state index in [1.54, 1.807) is 6.20 Å². The molecule has 2 N–H and O–H groups in total. The number of nitrogens with one attached hydrogen (secondary N) is 2. The lowest BCUT2D eigenvalue weighted by molar-refractivity contribution is 0.255. The van der Waals surface area contributed by atoms with Gasteiger partial charge in [0, 0.05) is 35.2 Å². The summed E-state index contributed by atoms with van der Waals surface area (Å²) < 4.78 is 2.01. The van der Waals surface area contributed by atoms with Crippen molar-refractivity contribution in [1.82, 2.24) is 29.5 Å². The molecule has 4 heterocycles. The van der Waals surface area contributed by atoms with Crippen LogP contribution in [0.15, 0.2) is 67.3 Å². The first-order valence-electron chi connectivity index (χ1n) is 11.1. The molecule has 0 atom stereocenters. The summed E-state index contributed by atoms with van der Waals surface area (Å²) in [7, 11) is 2.20. The fourth-order valence-corrected chi connectivity index (χ4v) is 4.57. The molecule has 160 valence electrons. The summed E-state index contributed by atoms with van der Waals surface area (Å²) in [6.07, 6.45) is 10.0. The largest absolute Gasteiger partial charge is 0.337 e. The van der Waals surface area contributed by atoms with E-state index < -0.39 is 0 Å². The lowest BCUT2D eigenvalue weighted by Gasteiger charge is -2.29. The number of benzene rings is 2. The van der Waals surface area contributed by atoms with Crippen LogP contribution in [0, 0.1) is 0 Å². The molecule has 0 aliphatic carbocycles.